The molecule has 19 heavy (non-hydrogen) atoms. The van der Waals surface area contributed by atoms with E-state index in [1.807, 2.05) is 24.3 Å². The van der Waals surface area contributed by atoms with E-state index in [1.54, 1.807) is 24.3 Å². The Balaban J connectivity index is 1.74. The maximum atomic E-state index is 12.4. The van der Waals surface area contributed by atoms with E-state index >= 15 is 0 Å². The molecular weight excluding hydrogens is 256 g/mol. The second-order valence-corrected chi connectivity index (χ2v) is 7.29. The van der Waals surface area contributed by atoms with Gasteiger partial charge in [0.15, 0.2) is 9.84 Å². The first-order valence-corrected chi connectivity index (χ1v) is 8.06. The Hall–Kier alpha value is -1.61. The molecule has 0 spiro atoms. The van der Waals surface area contributed by atoms with Gasteiger partial charge in [0.05, 0.1) is 10.1 Å². The van der Waals surface area contributed by atoms with Crippen molar-refractivity contribution in [2.45, 2.75) is 28.9 Å². The molecule has 2 nitrogen and oxygen atoms in total. The van der Waals surface area contributed by atoms with Crippen LogP contribution in [0.3, 0.4) is 0 Å². The SMILES string of the molecule is O=S(=O)(c1ccccc1)C1CC(c2ccccc2)C1. The van der Waals surface area contributed by atoms with Crippen molar-refractivity contribution in [2.75, 3.05) is 0 Å². The molecule has 1 fully saturated rings. The summed E-state index contributed by atoms with van der Waals surface area (Å²) in [6.45, 7) is 0. The van der Waals surface area contributed by atoms with Crippen molar-refractivity contribution in [1.82, 2.24) is 0 Å². The van der Waals surface area contributed by atoms with E-state index in [1.165, 1.54) is 5.56 Å². The summed E-state index contributed by atoms with van der Waals surface area (Å²) in [4.78, 5) is 0.450. The van der Waals surface area contributed by atoms with Crippen molar-refractivity contribution in [1.29, 1.82) is 0 Å². The Bertz CT molecular complexity index is 642. The van der Waals surface area contributed by atoms with Gasteiger partial charge in [-0.05, 0) is 36.5 Å². The summed E-state index contributed by atoms with van der Waals surface area (Å²) in [6, 6.07) is 18.9. The molecule has 0 bridgehead atoms. The van der Waals surface area contributed by atoms with Crippen LogP contribution in [0, 0.1) is 0 Å². The van der Waals surface area contributed by atoms with Gasteiger partial charge in [-0.1, -0.05) is 48.5 Å². The molecule has 0 atom stereocenters. The van der Waals surface area contributed by atoms with Crippen molar-refractivity contribution in [3.63, 3.8) is 0 Å². The predicted octanol–water partition coefficient (Wildman–Crippen LogP) is 3.41. The molecule has 0 unspecified atom stereocenters. The van der Waals surface area contributed by atoms with Crippen molar-refractivity contribution in [2.24, 2.45) is 0 Å². The lowest BCUT2D eigenvalue weighted by molar-refractivity contribution is 0.410. The summed E-state index contributed by atoms with van der Waals surface area (Å²) >= 11 is 0. The molecule has 0 aromatic heterocycles. The highest BCUT2D eigenvalue weighted by Crippen LogP contribution is 2.42. The lowest BCUT2D eigenvalue weighted by Crippen LogP contribution is -2.34. The summed E-state index contributed by atoms with van der Waals surface area (Å²) in [5.41, 5.74) is 1.25. The molecule has 3 heteroatoms. The van der Waals surface area contributed by atoms with E-state index in [0.717, 1.165) is 12.8 Å². The molecule has 0 amide bonds. The highest BCUT2D eigenvalue weighted by molar-refractivity contribution is 7.92. The highest BCUT2D eigenvalue weighted by atomic mass is 32.2. The van der Waals surface area contributed by atoms with Crippen molar-refractivity contribution >= 4 is 9.84 Å². The minimum atomic E-state index is -3.14. The third kappa shape index (κ3) is 2.30. The quantitative estimate of drug-likeness (QED) is 0.858. The summed E-state index contributed by atoms with van der Waals surface area (Å²) < 4.78 is 24.8. The summed E-state index contributed by atoms with van der Waals surface area (Å²) in [6.07, 6.45) is 1.47. The Morgan fingerprint density at radius 3 is 1.89 bits per heavy atom. The summed E-state index contributed by atoms with van der Waals surface area (Å²) in [5, 5.41) is -0.222. The first-order chi connectivity index (χ1) is 9.18. The smallest absolute Gasteiger partial charge is 0.181 e. The fourth-order valence-electron chi connectivity index (χ4n) is 2.62. The van der Waals surface area contributed by atoms with Crippen LogP contribution in [0.15, 0.2) is 65.6 Å². The van der Waals surface area contributed by atoms with E-state index in [4.69, 9.17) is 0 Å². The van der Waals surface area contributed by atoms with E-state index in [0.29, 0.717) is 10.8 Å². The van der Waals surface area contributed by atoms with Crippen LogP contribution in [0.5, 0.6) is 0 Å². The first kappa shape index (κ1) is 12.4. The van der Waals surface area contributed by atoms with Crippen LogP contribution in [0.4, 0.5) is 0 Å². The molecule has 1 aliphatic carbocycles. The Morgan fingerprint density at radius 2 is 1.32 bits per heavy atom. The van der Waals surface area contributed by atoms with Gasteiger partial charge in [-0.15, -0.1) is 0 Å². The average Bonchev–Trinajstić information content (AvgIpc) is 2.39. The van der Waals surface area contributed by atoms with Crippen molar-refractivity contribution in [3.05, 3.63) is 66.2 Å². The number of benzene rings is 2. The van der Waals surface area contributed by atoms with E-state index < -0.39 is 9.84 Å². The van der Waals surface area contributed by atoms with Crippen molar-refractivity contribution in [3.8, 4) is 0 Å². The monoisotopic (exact) mass is 272 g/mol. The maximum absolute atomic E-state index is 12.4. The number of hydrogen-bond donors (Lipinski definition) is 0. The summed E-state index contributed by atoms with van der Waals surface area (Å²) in [7, 11) is -3.14. The van der Waals surface area contributed by atoms with Crippen LogP contribution in [0.1, 0.15) is 24.3 Å². The molecule has 2 aromatic rings. The van der Waals surface area contributed by atoms with Gasteiger partial charge in [-0.2, -0.15) is 0 Å². The van der Waals surface area contributed by atoms with E-state index in [9.17, 15) is 8.42 Å². The number of sulfone groups is 1. The molecule has 0 saturated heterocycles. The van der Waals surface area contributed by atoms with Crippen LogP contribution in [0.2, 0.25) is 0 Å². The van der Waals surface area contributed by atoms with Gasteiger partial charge in [0.25, 0.3) is 0 Å². The molecule has 1 aliphatic rings. The molecule has 0 radical (unpaired) electrons. The highest BCUT2D eigenvalue weighted by Gasteiger charge is 2.39. The number of rotatable bonds is 3. The van der Waals surface area contributed by atoms with E-state index in [-0.39, 0.29) is 5.25 Å². The first-order valence-electron chi connectivity index (χ1n) is 6.52. The Labute approximate surface area is 114 Å². The lowest BCUT2D eigenvalue weighted by atomic mass is 9.79. The fraction of sp³-hybridized carbons (Fsp3) is 0.250. The standard InChI is InChI=1S/C16H16O2S/c17-19(18,15-9-5-2-6-10-15)16-11-14(12-16)13-7-3-1-4-8-13/h1-10,14,16H,11-12H2. The largest absolute Gasteiger partial charge is 0.223 e. The van der Waals surface area contributed by atoms with Crippen molar-refractivity contribution < 1.29 is 8.42 Å². The van der Waals surface area contributed by atoms with Gasteiger partial charge >= 0.3 is 0 Å². The Kier molecular flexibility index (Phi) is 3.15. The minimum Gasteiger partial charge on any atom is -0.223 e. The van der Waals surface area contributed by atoms with Gasteiger partial charge in [0.1, 0.15) is 0 Å². The third-order valence-corrected chi connectivity index (χ3v) is 6.07. The van der Waals surface area contributed by atoms with Crippen LogP contribution in [-0.4, -0.2) is 13.7 Å². The molecule has 0 aliphatic heterocycles. The zero-order valence-corrected chi connectivity index (χ0v) is 11.4. The van der Waals surface area contributed by atoms with Gasteiger partial charge in [-0.25, -0.2) is 8.42 Å². The topological polar surface area (TPSA) is 34.1 Å². The molecule has 1 saturated carbocycles. The zero-order chi connectivity index (χ0) is 13.3. The van der Waals surface area contributed by atoms with Gasteiger partial charge in [0.2, 0.25) is 0 Å². The van der Waals surface area contributed by atoms with Crippen LogP contribution >= 0.6 is 0 Å². The average molecular weight is 272 g/mol. The molecule has 98 valence electrons. The number of hydrogen-bond acceptors (Lipinski definition) is 2. The maximum Gasteiger partial charge on any atom is 0.181 e. The van der Waals surface area contributed by atoms with Crippen LogP contribution < -0.4 is 0 Å². The minimum absolute atomic E-state index is 0.222. The second-order valence-electron chi connectivity index (χ2n) is 5.06. The Morgan fingerprint density at radius 1 is 0.789 bits per heavy atom. The third-order valence-electron chi connectivity index (χ3n) is 3.88. The molecule has 2 aromatic carbocycles. The molecule has 0 N–H and O–H groups in total. The predicted molar refractivity (Wildman–Crippen MR) is 75.8 cm³/mol. The van der Waals surface area contributed by atoms with Gasteiger partial charge in [0, 0.05) is 0 Å². The van der Waals surface area contributed by atoms with Crippen LogP contribution in [0.25, 0.3) is 0 Å². The molecule has 0 heterocycles. The fourth-order valence-corrected chi connectivity index (χ4v) is 4.51. The van der Waals surface area contributed by atoms with Crippen LogP contribution in [-0.2, 0) is 9.84 Å². The molecule has 3 rings (SSSR count). The van der Waals surface area contributed by atoms with E-state index in [2.05, 4.69) is 12.1 Å². The normalized spacial score (nSPS) is 22.7. The lowest BCUT2D eigenvalue weighted by Gasteiger charge is -2.35. The summed E-state index contributed by atoms with van der Waals surface area (Å²) in [5.74, 6) is 0.393. The zero-order valence-electron chi connectivity index (χ0n) is 10.6. The van der Waals surface area contributed by atoms with Gasteiger partial charge < -0.3 is 0 Å². The molecular formula is C16H16O2S. The van der Waals surface area contributed by atoms with Gasteiger partial charge in [-0.3, -0.25) is 0 Å². The second kappa shape index (κ2) is 4.82.